The molecule has 0 aliphatic carbocycles. The fourth-order valence-electron chi connectivity index (χ4n) is 3.26. The van der Waals surface area contributed by atoms with Crippen LogP contribution in [0, 0.1) is 0 Å². The van der Waals surface area contributed by atoms with Gasteiger partial charge in [-0.25, -0.2) is 4.98 Å². The van der Waals surface area contributed by atoms with Crippen LogP contribution in [-0.2, 0) is 0 Å². The highest BCUT2D eigenvalue weighted by molar-refractivity contribution is 5.96. The molecule has 0 aromatic carbocycles. The molecule has 1 aliphatic heterocycles. The number of aromatic amines is 1. The topological polar surface area (TPSA) is 53.4 Å². The molecule has 4 rings (SSSR count). The fraction of sp³-hybridized carbons (Fsp3) is 0.294. The standard InChI is InChI=1S/C17H18N4O/c22-17(13-11-14-5-1-3-9-20(14)12-13)21-10-4-2-6-15(21)16-18-7-8-19-16/h1,3,5,7-9,11-12,15H,2,4,6,10H2,(H,18,19). The monoisotopic (exact) mass is 294 g/mol. The number of carbonyl (C=O) groups excluding carboxylic acids is 1. The third kappa shape index (κ3) is 2.19. The molecular weight excluding hydrogens is 276 g/mol. The first-order valence-corrected chi connectivity index (χ1v) is 7.70. The number of nitrogens with one attached hydrogen (secondary N) is 1. The second-order valence-corrected chi connectivity index (χ2v) is 5.75. The molecule has 1 aliphatic rings. The van der Waals surface area contributed by atoms with Crippen molar-refractivity contribution in [1.29, 1.82) is 0 Å². The molecule has 5 nitrogen and oxygen atoms in total. The fourth-order valence-corrected chi connectivity index (χ4v) is 3.26. The van der Waals surface area contributed by atoms with Crippen LogP contribution in [0.5, 0.6) is 0 Å². The third-order valence-electron chi connectivity index (χ3n) is 4.35. The van der Waals surface area contributed by atoms with Gasteiger partial charge in [0, 0.05) is 36.8 Å². The van der Waals surface area contributed by atoms with Crippen LogP contribution >= 0.6 is 0 Å². The number of likely N-dealkylation sites (tertiary alicyclic amines) is 1. The molecule has 1 unspecified atom stereocenters. The highest BCUT2D eigenvalue weighted by atomic mass is 16.2. The zero-order chi connectivity index (χ0) is 14.9. The molecule has 3 aromatic heterocycles. The predicted molar refractivity (Wildman–Crippen MR) is 83.6 cm³/mol. The second-order valence-electron chi connectivity index (χ2n) is 5.75. The first-order valence-electron chi connectivity index (χ1n) is 7.70. The quantitative estimate of drug-likeness (QED) is 0.790. The van der Waals surface area contributed by atoms with Gasteiger partial charge >= 0.3 is 0 Å². The van der Waals surface area contributed by atoms with Crippen molar-refractivity contribution in [2.45, 2.75) is 25.3 Å². The van der Waals surface area contributed by atoms with E-state index in [2.05, 4.69) is 9.97 Å². The van der Waals surface area contributed by atoms with E-state index in [1.54, 1.807) is 6.20 Å². The minimum atomic E-state index is 0.0549. The number of hydrogen-bond acceptors (Lipinski definition) is 2. The summed E-state index contributed by atoms with van der Waals surface area (Å²) < 4.78 is 1.99. The Morgan fingerprint density at radius 2 is 2.27 bits per heavy atom. The molecule has 5 heteroatoms. The second kappa shape index (κ2) is 5.33. The highest BCUT2D eigenvalue weighted by Gasteiger charge is 2.30. The number of carbonyl (C=O) groups is 1. The number of rotatable bonds is 2. The minimum Gasteiger partial charge on any atom is -0.347 e. The van der Waals surface area contributed by atoms with E-state index >= 15 is 0 Å². The van der Waals surface area contributed by atoms with Crippen molar-refractivity contribution in [1.82, 2.24) is 19.3 Å². The van der Waals surface area contributed by atoms with E-state index < -0.39 is 0 Å². The van der Waals surface area contributed by atoms with Crippen LogP contribution in [0.1, 0.15) is 41.5 Å². The van der Waals surface area contributed by atoms with E-state index in [1.807, 2.05) is 52.2 Å². The first-order chi connectivity index (χ1) is 10.8. The normalized spacial score (nSPS) is 18.7. The lowest BCUT2D eigenvalue weighted by Crippen LogP contribution is -2.38. The van der Waals surface area contributed by atoms with E-state index in [0.717, 1.165) is 42.7 Å². The van der Waals surface area contributed by atoms with Crippen molar-refractivity contribution in [3.05, 3.63) is 60.4 Å². The Labute approximate surface area is 128 Å². The molecular formula is C17H18N4O. The van der Waals surface area contributed by atoms with E-state index in [9.17, 15) is 4.79 Å². The van der Waals surface area contributed by atoms with Crippen LogP contribution in [0.3, 0.4) is 0 Å². The van der Waals surface area contributed by atoms with Crippen LogP contribution in [-0.4, -0.2) is 31.7 Å². The Balaban J connectivity index is 1.67. The average molecular weight is 294 g/mol. The van der Waals surface area contributed by atoms with Gasteiger partial charge in [0.1, 0.15) is 5.82 Å². The van der Waals surface area contributed by atoms with Gasteiger partial charge in [0.2, 0.25) is 0 Å². The van der Waals surface area contributed by atoms with Gasteiger partial charge in [-0.3, -0.25) is 4.79 Å². The minimum absolute atomic E-state index is 0.0549. The molecule has 112 valence electrons. The number of nitrogens with zero attached hydrogens (tertiary/aromatic N) is 3. The van der Waals surface area contributed by atoms with Gasteiger partial charge in [-0.1, -0.05) is 6.07 Å². The van der Waals surface area contributed by atoms with Crippen LogP contribution in [0.15, 0.2) is 49.1 Å². The number of piperidine rings is 1. The molecule has 1 atom stereocenters. The summed E-state index contributed by atoms with van der Waals surface area (Å²) in [4.78, 5) is 22.4. The van der Waals surface area contributed by atoms with Crippen molar-refractivity contribution in [2.75, 3.05) is 6.54 Å². The summed E-state index contributed by atoms with van der Waals surface area (Å²) in [5.41, 5.74) is 1.78. The average Bonchev–Trinajstić information content (AvgIpc) is 3.23. The van der Waals surface area contributed by atoms with Gasteiger partial charge in [0.25, 0.3) is 5.91 Å². The summed E-state index contributed by atoms with van der Waals surface area (Å²) in [5, 5.41) is 0. The van der Waals surface area contributed by atoms with Gasteiger partial charge in [0.15, 0.2) is 0 Å². The molecule has 0 radical (unpaired) electrons. The van der Waals surface area contributed by atoms with Gasteiger partial charge in [-0.2, -0.15) is 0 Å². The Hall–Kier alpha value is -2.56. The van der Waals surface area contributed by atoms with Gasteiger partial charge in [-0.05, 0) is 37.5 Å². The zero-order valence-electron chi connectivity index (χ0n) is 12.3. The summed E-state index contributed by atoms with van der Waals surface area (Å²) >= 11 is 0. The zero-order valence-corrected chi connectivity index (χ0v) is 12.3. The number of H-pyrrole nitrogens is 1. The molecule has 1 fully saturated rings. The molecule has 22 heavy (non-hydrogen) atoms. The van der Waals surface area contributed by atoms with Crippen LogP contribution < -0.4 is 0 Å². The van der Waals surface area contributed by atoms with E-state index in [-0.39, 0.29) is 11.9 Å². The number of fused-ring (bicyclic) bond motifs is 1. The summed E-state index contributed by atoms with van der Waals surface area (Å²) in [6.45, 7) is 0.788. The molecule has 1 amide bonds. The predicted octanol–water partition coefficient (Wildman–Crippen LogP) is 3.03. The molecule has 0 spiro atoms. The molecule has 3 aromatic rings. The van der Waals surface area contributed by atoms with Crippen molar-refractivity contribution >= 4 is 11.4 Å². The van der Waals surface area contributed by atoms with Gasteiger partial charge in [0.05, 0.1) is 11.6 Å². The maximum atomic E-state index is 12.9. The molecule has 4 heterocycles. The lowest BCUT2D eigenvalue weighted by Gasteiger charge is -2.34. The van der Waals surface area contributed by atoms with Gasteiger partial charge in [-0.15, -0.1) is 0 Å². The maximum Gasteiger partial charge on any atom is 0.256 e. The molecule has 0 saturated carbocycles. The number of hydrogen-bond donors (Lipinski definition) is 1. The third-order valence-corrected chi connectivity index (χ3v) is 4.35. The first kappa shape index (κ1) is 13.1. The summed E-state index contributed by atoms with van der Waals surface area (Å²) in [6, 6.07) is 7.97. The lowest BCUT2D eigenvalue weighted by molar-refractivity contribution is 0.0601. The number of pyridine rings is 1. The molecule has 1 N–H and O–H groups in total. The Bertz CT molecular complexity index is 757. The van der Waals surface area contributed by atoms with Gasteiger partial charge < -0.3 is 14.3 Å². The van der Waals surface area contributed by atoms with Crippen LogP contribution in [0.4, 0.5) is 0 Å². The largest absolute Gasteiger partial charge is 0.347 e. The summed E-state index contributed by atoms with van der Waals surface area (Å²) in [6.07, 6.45) is 10.6. The highest BCUT2D eigenvalue weighted by Crippen LogP contribution is 2.30. The van der Waals surface area contributed by atoms with Crippen molar-refractivity contribution in [2.24, 2.45) is 0 Å². The number of aromatic nitrogens is 3. The van der Waals surface area contributed by atoms with Crippen molar-refractivity contribution < 1.29 is 4.79 Å². The van der Waals surface area contributed by atoms with Crippen molar-refractivity contribution in [3.63, 3.8) is 0 Å². The summed E-state index contributed by atoms with van der Waals surface area (Å²) in [5.74, 6) is 0.974. The smallest absolute Gasteiger partial charge is 0.256 e. The Morgan fingerprint density at radius 3 is 3.09 bits per heavy atom. The van der Waals surface area contributed by atoms with Crippen molar-refractivity contribution in [3.8, 4) is 0 Å². The van der Waals surface area contributed by atoms with E-state index in [1.165, 1.54) is 0 Å². The SMILES string of the molecule is O=C(c1cc2ccccn2c1)N1CCCCC1c1ncc[nH]1. The van der Waals surface area contributed by atoms with Crippen LogP contribution in [0.2, 0.25) is 0 Å². The van der Waals surface area contributed by atoms with E-state index in [0.29, 0.717) is 0 Å². The number of imidazole rings is 1. The Kier molecular flexibility index (Phi) is 3.18. The molecule has 1 saturated heterocycles. The molecule has 0 bridgehead atoms. The lowest BCUT2D eigenvalue weighted by atomic mass is 10.0. The van der Waals surface area contributed by atoms with E-state index in [4.69, 9.17) is 0 Å². The number of amides is 1. The van der Waals surface area contributed by atoms with Crippen LogP contribution in [0.25, 0.3) is 5.52 Å². The Morgan fingerprint density at radius 1 is 1.32 bits per heavy atom. The summed E-state index contributed by atoms with van der Waals surface area (Å²) in [7, 11) is 0. The maximum absolute atomic E-state index is 12.9.